The second-order valence-electron chi connectivity index (χ2n) is 4.78. The molecule has 1 rings (SSSR count). The van der Waals surface area contributed by atoms with Crippen molar-refractivity contribution in [2.75, 3.05) is 32.8 Å². The van der Waals surface area contributed by atoms with Crippen LogP contribution in [0.5, 0.6) is 0 Å². The first-order valence-electron chi connectivity index (χ1n) is 7.04. The minimum Gasteiger partial charge on any atom is -0.446 e. The van der Waals surface area contributed by atoms with Crippen LogP contribution in [-0.4, -0.2) is 55.0 Å². The number of nitrogens with one attached hydrogen (secondary N) is 1. The number of ether oxygens (including phenoxy) is 1. The van der Waals surface area contributed by atoms with Gasteiger partial charge in [-0.3, -0.25) is 0 Å². The molecule has 0 saturated carbocycles. The fraction of sp³-hybridized carbons (Fsp3) is 0.923. The molecule has 0 aromatic rings. The van der Waals surface area contributed by atoms with E-state index in [4.69, 9.17) is 9.84 Å². The number of carbonyl (C=O) groups is 1. The molecule has 1 unspecified atom stereocenters. The van der Waals surface area contributed by atoms with Gasteiger partial charge >= 0.3 is 6.09 Å². The second kappa shape index (κ2) is 9.16. The number of rotatable bonds is 8. The molecular formula is C13H26N2O3. The molecule has 0 aromatic heterocycles. The highest BCUT2D eigenvalue weighted by Crippen LogP contribution is 2.07. The molecule has 0 radical (unpaired) electrons. The predicted octanol–water partition coefficient (Wildman–Crippen LogP) is 1.36. The maximum atomic E-state index is 11.5. The Balaban J connectivity index is 2.07. The molecule has 1 aliphatic rings. The van der Waals surface area contributed by atoms with Crippen molar-refractivity contribution < 1.29 is 14.6 Å². The van der Waals surface area contributed by atoms with Gasteiger partial charge in [-0.2, -0.15) is 0 Å². The Labute approximate surface area is 109 Å². The Kier molecular flexibility index (Phi) is 7.76. The summed E-state index contributed by atoms with van der Waals surface area (Å²) in [6.07, 6.45) is 4.32. The quantitative estimate of drug-likeness (QED) is 0.690. The maximum Gasteiger partial charge on any atom is 0.407 e. The van der Waals surface area contributed by atoms with Crippen LogP contribution in [0.3, 0.4) is 0 Å². The van der Waals surface area contributed by atoms with Crippen molar-refractivity contribution in [2.24, 2.45) is 0 Å². The molecule has 0 aromatic carbocycles. The van der Waals surface area contributed by atoms with Crippen molar-refractivity contribution >= 4 is 6.09 Å². The largest absolute Gasteiger partial charge is 0.446 e. The molecule has 0 aliphatic carbocycles. The molecule has 18 heavy (non-hydrogen) atoms. The van der Waals surface area contributed by atoms with Crippen LogP contribution >= 0.6 is 0 Å². The smallest absolute Gasteiger partial charge is 0.407 e. The van der Waals surface area contributed by atoms with Gasteiger partial charge in [0.2, 0.25) is 0 Å². The topological polar surface area (TPSA) is 61.8 Å². The summed E-state index contributed by atoms with van der Waals surface area (Å²) in [5.41, 5.74) is 0. The molecule has 0 bridgehead atoms. The zero-order valence-corrected chi connectivity index (χ0v) is 11.4. The highest BCUT2D eigenvalue weighted by Gasteiger charge is 2.13. The maximum absolute atomic E-state index is 11.5. The fourth-order valence-electron chi connectivity index (χ4n) is 2.18. The molecule has 1 fully saturated rings. The SMILES string of the molecule is CCC(CCCO)OC(=O)NCCN1CCCC1. The summed E-state index contributed by atoms with van der Waals surface area (Å²) in [5, 5.41) is 11.5. The van der Waals surface area contributed by atoms with E-state index in [1.165, 1.54) is 12.8 Å². The molecule has 106 valence electrons. The standard InChI is InChI=1S/C13H26N2O3/c1-2-12(6-5-11-16)18-13(17)14-7-10-15-8-3-4-9-15/h12,16H,2-11H2,1H3,(H,14,17). The zero-order valence-electron chi connectivity index (χ0n) is 11.4. The van der Waals surface area contributed by atoms with Crippen molar-refractivity contribution in [1.29, 1.82) is 0 Å². The Hall–Kier alpha value is -0.810. The van der Waals surface area contributed by atoms with Crippen LogP contribution in [0.25, 0.3) is 0 Å². The number of hydrogen-bond acceptors (Lipinski definition) is 4. The van der Waals surface area contributed by atoms with E-state index in [1.807, 2.05) is 6.92 Å². The van der Waals surface area contributed by atoms with Gasteiger partial charge in [0.15, 0.2) is 0 Å². The molecule has 5 nitrogen and oxygen atoms in total. The lowest BCUT2D eigenvalue weighted by atomic mass is 10.1. The first-order valence-corrected chi connectivity index (χ1v) is 7.04. The third kappa shape index (κ3) is 6.21. The van der Waals surface area contributed by atoms with Crippen LogP contribution in [0, 0.1) is 0 Å². The van der Waals surface area contributed by atoms with Gasteiger partial charge in [0.1, 0.15) is 6.10 Å². The van der Waals surface area contributed by atoms with E-state index < -0.39 is 0 Å². The summed E-state index contributed by atoms with van der Waals surface area (Å²) in [4.78, 5) is 13.9. The summed E-state index contributed by atoms with van der Waals surface area (Å²) in [5.74, 6) is 0. The summed E-state index contributed by atoms with van der Waals surface area (Å²) in [6, 6.07) is 0. The Morgan fingerprint density at radius 3 is 2.78 bits per heavy atom. The van der Waals surface area contributed by atoms with E-state index in [-0.39, 0.29) is 18.8 Å². The van der Waals surface area contributed by atoms with Gasteiger partial charge in [0.25, 0.3) is 0 Å². The van der Waals surface area contributed by atoms with Crippen LogP contribution in [0.2, 0.25) is 0 Å². The first kappa shape index (κ1) is 15.2. The van der Waals surface area contributed by atoms with Crippen molar-refractivity contribution in [2.45, 2.75) is 45.1 Å². The Morgan fingerprint density at radius 1 is 1.44 bits per heavy atom. The van der Waals surface area contributed by atoms with E-state index >= 15 is 0 Å². The van der Waals surface area contributed by atoms with Gasteiger partial charge in [-0.1, -0.05) is 6.92 Å². The number of likely N-dealkylation sites (tertiary alicyclic amines) is 1. The van der Waals surface area contributed by atoms with Gasteiger partial charge in [0.05, 0.1) is 0 Å². The first-order chi connectivity index (χ1) is 8.76. The minimum atomic E-state index is -0.334. The number of aliphatic hydroxyl groups excluding tert-OH is 1. The number of carbonyl (C=O) groups excluding carboxylic acids is 1. The second-order valence-corrected chi connectivity index (χ2v) is 4.78. The summed E-state index contributed by atoms with van der Waals surface area (Å²) < 4.78 is 5.29. The van der Waals surface area contributed by atoms with Crippen LogP contribution in [0.1, 0.15) is 39.0 Å². The van der Waals surface area contributed by atoms with Crippen LogP contribution in [0.4, 0.5) is 4.79 Å². The normalized spacial score (nSPS) is 17.7. The van der Waals surface area contributed by atoms with E-state index in [2.05, 4.69) is 10.2 Å². The van der Waals surface area contributed by atoms with E-state index in [1.54, 1.807) is 0 Å². The highest BCUT2D eigenvalue weighted by atomic mass is 16.6. The predicted molar refractivity (Wildman–Crippen MR) is 70.6 cm³/mol. The molecule has 2 N–H and O–H groups in total. The average Bonchev–Trinajstić information content (AvgIpc) is 2.87. The van der Waals surface area contributed by atoms with Gasteiger partial charge in [-0.15, -0.1) is 0 Å². The summed E-state index contributed by atoms with van der Waals surface area (Å²) in [7, 11) is 0. The molecule has 1 saturated heterocycles. The average molecular weight is 258 g/mol. The lowest BCUT2D eigenvalue weighted by molar-refractivity contribution is 0.0847. The van der Waals surface area contributed by atoms with Crippen molar-refractivity contribution in [1.82, 2.24) is 10.2 Å². The molecular weight excluding hydrogens is 232 g/mol. The number of hydrogen-bond donors (Lipinski definition) is 2. The third-order valence-corrected chi connectivity index (χ3v) is 3.31. The minimum absolute atomic E-state index is 0.0797. The van der Waals surface area contributed by atoms with E-state index in [0.717, 1.165) is 32.5 Å². The van der Waals surface area contributed by atoms with Crippen molar-refractivity contribution in [3.8, 4) is 0 Å². The third-order valence-electron chi connectivity index (χ3n) is 3.31. The van der Waals surface area contributed by atoms with E-state index in [0.29, 0.717) is 13.0 Å². The molecule has 1 heterocycles. The summed E-state index contributed by atoms with van der Waals surface area (Å²) in [6.45, 7) is 5.98. The van der Waals surface area contributed by atoms with Gasteiger partial charge < -0.3 is 20.1 Å². The monoisotopic (exact) mass is 258 g/mol. The van der Waals surface area contributed by atoms with Crippen LogP contribution < -0.4 is 5.32 Å². The highest BCUT2D eigenvalue weighted by molar-refractivity contribution is 5.67. The molecule has 5 heteroatoms. The zero-order chi connectivity index (χ0) is 13.2. The van der Waals surface area contributed by atoms with Gasteiger partial charge in [-0.25, -0.2) is 4.79 Å². The molecule has 1 aliphatic heterocycles. The van der Waals surface area contributed by atoms with Crippen molar-refractivity contribution in [3.63, 3.8) is 0 Å². The number of aliphatic hydroxyl groups is 1. The molecule has 0 spiro atoms. The van der Waals surface area contributed by atoms with Gasteiger partial charge in [-0.05, 0) is 45.2 Å². The lowest BCUT2D eigenvalue weighted by Gasteiger charge is -2.18. The van der Waals surface area contributed by atoms with Crippen molar-refractivity contribution in [3.05, 3.63) is 0 Å². The van der Waals surface area contributed by atoms with E-state index in [9.17, 15) is 4.79 Å². The summed E-state index contributed by atoms with van der Waals surface area (Å²) >= 11 is 0. The molecule has 1 atom stereocenters. The number of alkyl carbamates (subject to hydrolysis) is 1. The van der Waals surface area contributed by atoms with Crippen LogP contribution in [0.15, 0.2) is 0 Å². The lowest BCUT2D eigenvalue weighted by Crippen LogP contribution is -2.35. The number of amides is 1. The van der Waals surface area contributed by atoms with Crippen LogP contribution in [-0.2, 0) is 4.74 Å². The fourth-order valence-corrected chi connectivity index (χ4v) is 2.18. The molecule has 1 amide bonds. The van der Waals surface area contributed by atoms with Gasteiger partial charge in [0, 0.05) is 19.7 Å². The number of nitrogens with zero attached hydrogens (tertiary/aromatic N) is 1. The Morgan fingerprint density at radius 2 is 2.17 bits per heavy atom. The Bertz CT molecular complexity index is 230.